The van der Waals surface area contributed by atoms with Crippen LogP contribution in [0.2, 0.25) is 5.02 Å². The summed E-state index contributed by atoms with van der Waals surface area (Å²) in [5, 5.41) is 10.5. The van der Waals surface area contributed by atoms with Gasteiger partial charge < -0.3 is 5.32 Å². The molecule has 4 nitrogen and oxygen atoms in total. The summed E-state index contributed by atoms with van der Waals surface area (Å²) in [6.07, 6.45) is 3.68. The van der Waals surface area contributed by atoms with Gasteiger partial charge >= 0.3 is 0 Å². The van der Waals surface area contributed by atoms with Crippen LogP contribution in [0.4, 0.5) is 0 Å². The Labute approximate surface area is 133 Å². The lowest BCUT2D eigenvalue weighted by Gasteiger charge is -2.05. The topological polar surface area (TPSA) is 57.8 Å². The van der Waals surface area contributed by atoms with Gasteiger partial charge in [0.1, 0.15) is 0 Å². The van der Waals surface area contributed by atoms with E-state index in [1.165, 1.54) is 17.3 Å². The quantitative estimate of drug-likeness (QED) is 0.607. The summed E-state index contributed by atoms with van der Waals surface area (Å²) in [6, 6.07) is 7.49. The molecule has 1 amide bonds. The van der Waals surface area contributed by atoms with Crippen LogP contribution in [-0.4, -0.2) is 28.4 Å². The molecule has 0 unspecified atom stereocenters. The fourth-order valence-corrected chi connectivity index (χ4v) is 2.72. The minimum absolute atomic E-state index is 0.0545. The SMILES string of the molecule is Cc1[nH]ncc1CCCNC(=O)CSc1ccc(Cl)cc1. The maximum Gasteiger partial charge on any atom is 0.230 e. The zero-order valence-electron chi connectivity index (χ0n) is 11.9. The Morgan fingerprint density at radius 1 is 1.38 bits per heavy atom. The molecule has 0 bridgehead atoms. The van der Waals surface area contributed by atoms with Gasteiger partial charge in [-0.2, -0.15) is 5.10 Å². The summed E-state index contributed by atoms with van der Waals surface area (Å²) in [5.41, 5.74) is 2.31. The summed E-state index contributed by atoms with van der Waals surface area (Å²) in [5.74, 6) is 0.477. The first-order chi connectivity index (χ1) is 10.1. The molecular formula is C15H18ClN3OS. The molecule has 1 aromatic carbocycles. The Morgan fingerprint density at radius 2 is 2.14 bits per heavy atom. The summed E-state index contributed by atoms with van der Waals surface area (Å²) >= 11 is 7.33. The highest BCUT2D eigenvalue weighted by atomic mass is 35.5. The number of benzene rings is 1. The number of nitrogens with one attached hydrogen (secondary N) is 2. The molecule has 0 saturated carbocycles. The van der Waals surface area contributed by atoms with Crippen LogP contribution >= 0.6 is 23.4 Å². The maximum atomic E-state index is 11.7. The average Bonchev–Trinajstić information content (AvgIpc) is 2.88. The van der Waals surface area contributed by atoms with Gasteiger partial charge in [0.05, 0.1) is 11.9 Å². The second-order valence-electron chi connectivity index (χ2n) is 4.72. The van der Waals surface area contributed by atoms with Crippen LogP contribution in [-0.2, 0) is 11.2 Å². The number of carbonyl (C=O) groups excluding carboxylic acids is 1. The van der Waals surface area contributed by atoms with Crippen molar-refractivity contribution in [3.05, 3.63) is 46.7 Å². The standard InChI is InChI=1S/C15H18ClN3OS/c1-11-12(9-18-19-11)3-2-8-17-15(20)10-21-14-6-4-13(16)5-7-14/h4-7,9H,2-3,8,10H2,1H3,(H,17,20)(H,18,19). The average molecular weight is 324 g/mol. The highest BCUT2D eigenvalue weighted by Crippen LogP contribution is 2.19. The van der Waals surface area contributed by atoms with Crippen LogP contribution in [0.1, 0.15) is 17.7 Å². The largest absolute Gasteiger partial charge is 0.355 e. The lowest BCUT2D eigenvalue weighted by molar-refractivity contribution is -0.118. The first kappa shape index (κ1) is 15.9. The monoisotopic (exact) mass is 323 g/mol. The summed E-state index contributed by atoms with van der Waals surface area (Å²) in [7, 11) is 0. The fourth-order valence-electron chi connectivity index (χ4n) is 1.87. The normalized spacial score (nSPS) is 10.6. The van der Waals surface area contributed by atoms with Gasteiger partial charge in [0.2, 0.25) is 5.91 Å². The van der Waals surface area contributed by atoms with Crippen molar-refractivity contribution in [2.24, 2.45) is 0 Å². The van der Waals surface area contributed by atoms with E-state index >= 15 is 0 Å². The Morgan fingerprint density at radius 3 is 2.81 bits per heavy atom. The Kier molecular flexibility index (Phi) is 6.14. The number of H-pyrrole nitrogens is 1. The van der Waals surface area contributed by atoms with Crippen molar-refractivity contribution < 1.29 is 4.79 Å². The Balaban J connectivity index is 1.61. The first-order valence-corrected chi connectivity index (χ1v) is 8.15. The van der Waals surface area contributed by atoms with Crippen LogP contribution in [0.5, 0.6) is 0 Å². The lowest BCUT2D eigenvalue weighted by atomic mass is 10.1. The van der Waals surface area contributed by atoms with Crippen molar-refractivity contribution in [1.82, 2.24) is 15.5 Å². The number of aryl methyl sites for hydroxylation is 2. The second kappa shape index (κ2) is 8.10. The first-order valence-electron chi connectivity index (χ1n) is 6.79. The van der Waals surface area contributed by atoms with E-state index in [1.54, 1.807) is 0 Å². The molecular weight excluding hydrogens is 306 g/mol. The fraction of sp³-hybridized carbons (Fsp3) is 0.333. The molecule has 6 heteroatoms. The number of amides is 1. The van der Waals surface area contributed by atoms with Crippen molar-refractivity contribution >= 4 is 29.3 Å². The highest BCUT2D eigenvalue weighted by molar-refractivity contribution is 8.00. The third-order valence-corrected chi connectivity index (χ3v) is 4.33. The van der Waals surface area contributed by atoms with E-state index in [2.05, 4.69) is 15.5 Å². The summed E-state index contributed by atoms with van der Waals surface area (Å²) < 4.78 is 0. The van der Waals surface area contributed by atoms with Gasteiger partial charge in [-0.05, 0) is 49.6 Å². The number of nitrogens with zero attached hydrogens (tertiary/aromatic N) is 1. The molecule has 1 heterocycles. The van der Waals surface area contributed by atoms with Crippen molar-refractivity contribution in [1.29, 1.82) is 0 Å². The van der Waals surface area contributed by atoms with E-state index < -0.39 is 0 Å². The van der Waals surface area contributed by atoms with E-state index in [-0.39, 0.29) is 5.91 Å². The third-order valence-electron chi connectivity index (χ3n) is 3.06. The molecule has 2 aromatic rings. The number of aromatic nitrogens is 2. The molecule has 0 saturated heterocycles. The number of halogens is 1. The Bertz CT molecular complexity index is 583. The van der Waals surface area contributed by atoms with E-state index in [9.17, 15) is 4.79 Å². The number of carbonyl (C=O) groups is 1. The molecule has 0 aliphatic rings. The maximum absolute atomic E-state index is 11.7. The van der Waals surface area contributed by atoms with Crippen molar-refractivity contribution in [3.8, 4) is 0 Å². The smallest absolute Gasteiger partial charge is 0.230 e. The van der Waals surface area contributed by atoms with Crippen LogP contribution in [0.3, 0.4) is 0 Å². The molecule has 1 aromatic heterocycles. The predicted octanol–water partition coefficient (Wildman–Crippen LogP) is 3.21. The molecule has 0 aliphatic heterocycles. The number of aromatic amines is 1. The molecule has 112 valence electrons. The predicted molar refractivity (Wildman–Crippen MR) is 86.8 cm³/mol. The van der Waals surface area contributed by atoms with Crippen LogP contribution in [0.25, 0.3) is 0 Å². The van der Waals surface area contributed by atoms with Gasteiger partial charge in [-0.15, -0.1) is 11.8 Å². The summed E-state index contributed by atoms with van der Waals surface area (Å²) in [4.78, 5) is 12.8. The molecule has 2 N–H and O–H groups in total. The molecule has 0 atom stereocenters. The van der Waals surface area contributed by atoms with Gasteiger partial charge in [0.15, 0.2) is 0 Å². The van der Waals surface area contributed by atoms with E-state index in [4.69, 9.17) is 11.6 Å². The van der Waals surface area contributed by atoms with Crippen LogP contribution in [0.15, 0.2) is 35.4 Å². The minimum atomic E-state index is 0.0545. The van der Waals surface area contributed by atoms with E-state index in [0.717, 1.165) is 23.4 Å². The van der Waals surface area contributed by atoms with Gasteiger partial charge in [-0.25, -0.2) is 0 Å². The molecule has 21 heavy (non-hydrogen) atoms. The van der Waals surface area contributed by atoms with Gasteiger partial charge in [-0.1, -0.05) is 11.6 Å². The molecule has 0 spiro atoms. The number of thioether (sulfide) groups is 1. The number of rotatable bonds is 7. The third kappa shape index (κ3) is 5.44. The van der Waals surface area contributed by atoms with Crippen molar-refractivity contribution in [2.45, 2.75) is 24.7 Å². The number of hydrogen-bond donors (Lipinski definition) is 2. The molecule has 2 rings (SSSR count). The number of hydrogen-bond acceptors (Lipinski definition) is 3. The zero-order chi connectivity index (χ0) is 15.1. The van der Waals surface area contributed by atoms with Gasteiger partial charge in [0, 0.05) is 22.2 Å². The minimum Gasteiger partial charge on any atom is -0.355 e. The van der Waals surface area contributed by atoms with E-state index in [0.29, 0.717) is 17.3 Å². The van der Waals surface area contributed by atoms with E-state index in [1.807, 2.05) is 37.4 Å². The lowest BCUT2D eigenvalue weighted by Crippen LogP contribution is -2.26. The molecule has 0 fully saturated rings. The molecule has 0 aliphatic carbocycles. The highest BCUT2D eigenvalue weighted by Gasteiger charge is 2.04. The van der Waals surface area contributed by atoms with Crippen LogP contribution in [0, 0.1) is 6.92 Å². The van der Waals surface area contributed by atoms with Crippen molar-refractivity contribution in [3.63, 3.8) is 0 Å². The molecule has 0 radical (unpaired) electrons. The second-order valence-corrected chi connectivity index (χ2v) is 6.20. The van der Waals surface area contributed by atoms with Gasteiger partial charge in [0.25, 0.3) is 0 Å². The Hall–Kier alpha value is -1.46. The van der Waals surface area contributed by atoms with Gasteiger partial charge in [-0.3, -0.25) is 9.89 Å². The zero-order valence-corrected chi connectivity index (χ0v) is 13.4. The van der Waals surface area contributed by atoms with Crippen molar-refractivity contribution in [2.75, 3.05) is 12.3 Å². The summed E-state index contributed by atoms with van der Waals surface area (Å²) in [6.45, 7) is 2.69. The van der Waals surface area contributed by atoms with Crippen LogP contribution < -0.4 is 5.32 Å².